The highest BCUT2D eigenvalue weighted by atomic mass is 16.5. The number of nitrogens with zero attached hydrogens (tertiary/aromatic N) is 1. The first-order valence-corrected chi connectivity index (χ1v) is 11.1. The quantitative estimate of drug-likeness (QED) is 0.551. The number of ether oxygens (including phenoxy) is 1. The number of amides is 2. The number of para-hydroxylation sites is 1. The molecule has 164 valence electrons. The van der Waals surface area contributed by atoms with E-state index < -0.39 is 0 Å². The number of rotatable bonds is 7. The highest BCUT2D eigenvalue weighted by Gasteiger charge is 2.29. The minimum Gasteiger partial charge on any atom is -0.494 e. The van der Waals surface area contributed by atoms with Crippen molar-refractivity contribution < 1.29 is 14.3 Å². The predicted molar refractivity (Wildman–Crippen MR) is 126 cm³/mol. The van der Waals surface area contributed by atoms with Gasteiger partial charge >= 0.3 is 0 Å². The van der Waals surface area contributed by atoms with Crippen LogP contribution in [0.5, 0.6) is 5.75 Å². The maximum atomic E-state index is 13.3. The maximum absolute atomic E-state index is 13.3. The summed E-state index contributed by atoms with van der Waals surface area (Å²) in [7, 11) is 0. The molecule has 32 heavy (non-hydrogen) atoms. The summed E-state index contributed by atoms with van der Waals surface area (Å²) in [6.45, 7) is 4.02. The first-order chi connectivity index (χ1) is 15.7. The number of benzene rings is 3. The van der Waals surface area contributed by atoms with Crippen molar-refractivity contribution >= 4 is 17.5 Å². The van der Waals surface area contributed by atoms with Crippen LogP contribution in [0.25, 0.3) is 0 Å². The van der Waals surface area contributed by atoms with E-state index in [1.807, 2.05) is 48.2 Å². The number of hydrogen-bond acceptors (Lipinski definition) is 3. The summed E-state index contributed by atoms with van der Waals surface area (Å²) in [6.07, 6.45) is 1.84. The van der Waals surface area contributed by atoms with Crippen LogP contribution in [0, 0.1) is 0 Å². The van der Waals surface area contributed by atoms with E-state index in [0.29, 0.717) is 48.2 Å². The zero-order valence-electron chi connectivity index (χ0n) is 18.3. The van der Waals surface area contributed by atoms with Crippen molar-refractivity contribution in [2.75, 3.05) is 25.0 Å². The highest BCUT2D eigenvalue weighted by Crippen LogP contribution is 2.29. The first-order valence-electron chi connectivity index (χ1n) is 11.1. The lowest BCUT2D eigenvalue weighted by Gasteiger charge is -2.19. The monoisotopic (exact) mass is 428 g/mol. The topological polar surface area (TPSA) is 58.6 Å². The lowest BCUT2D eigenvalue weighted by molar-refractivity contribution is 0.0792. The smallest absolute Gasteiger partial charge is 0.255 e. The molecule has 1 fully saturated rings. The van der Waals surface area contributed by atoms with Gasteiger partial charge in [-0.3, -0.25) is 9.59 Å². The molecule has 0 saturated carbocycles. The molecule has 1 unspecified atom stereocenters. The van der Waals surface area contributed by atoms with Gasteiger partial charge in [-0.2, -0.15) is 0 Å². The van der Waals surface area contributed by atoms with E-state index in [4.69, 9.17) is 4.74 Å². The van der Waals surface area contributed by atoms with Crippen LogP contribution in [0.2, 0.25) is 0 Å². The van der Waals surface area contributed by atoms with Crippen molar-refractivity contribution in [3.05, 3.63) is 95.6 Å². The largest absolute Gasteiger partial charge is 0.494 e. The minimum absolute atomic E-state index is 0.0561. The van der Waals surface area contributed by atoms with Gasteiger partial charge in [-0.05, 0) is 48.7 Å². The van der Waals surface area contributed by atoms with Crippen LogP contribution in [0.15, 0.2) is 78.9 Å². The van der Waals surface area contributed by atoms with Gasteiger partial charge < -0.3 is 15.0 Å². The fourth-order valence-electron chi connectivity index (χ4n) is 4.03. The van der Waals surface area contributed by atoms with Gasteiger partial charge in [0, 0.05) is 24.6 Å². The molecule has 4 rings (SSSR count). The Bertz CT molecular complexity index is 1080. The third-order valence-electron chi connectivity index (χ3n) is 5.72. The molecule has 0 aliphatic carbocycles. The fourth-order valence-corrected chi connectivity index (χ4v) is 4.03. The Morgan fingerprint density at radius 1 is 1.00 bits per heavy atom. The molecule has 3 aromatic carbocycles. The number of likely N-dealkylation sites (tertiary alicyclic amines) is 1. The van der Waals surface area contributed by atoms with Crippen LogP contribution in [-0.4, -0.2) is 36.4 Å². The van der Waals surface area contributed by atoms with Gasteiger partial charge in [0.15, 0.2) is 0 Å². The maximum Gasteiger partial charge on any atom is 0.255 e. The van der Waals surface area contributed by atoms with Gasteiger partial charge in [-0.25, -0.2) is 0 Å². The van der Waals surface area contributed by atoms with E-state index in [9.17, 15) is 9.59 Å². The van der Waals surface area contributed by atoms with E-state index in [0.717, 1.165) is 12.8 Å². The molecule has 2 amide bonds. The van der Waals surface area contributed by atoms with Crippen molar-refractivity contribution in [1.29, 1.82) is 0 Å². The Labute approximate surface area is 189 Å². The van der Waals surface area contributed by atoms with Crippen molar-refractivity contribution in [3.63, 3.8) is 0 Å². The zero-order chi connectivity index (χ0) is 22.3. The van der Waals surface area contributed by atoms with E-state index in [2.05, 4.69) is 17.4 Å². The van der Waals surface area contributed by atoms with Gasteiger partial charge in [-0.1, -0.05) is 55.5 Å². The second-order valence-electron chi connectivity index (χ2n) is 8.02. The van der Waals surface area contributed by atoms with Crippen LogP contribution in [0.3, 0.4) is 0 Å². The molecule has 0 aromatic heterocycles. The van der Waals surface area contributed by atoms with E-state index in [1.54, 1.807) is 30.3 Å². The molecule has 1 aliphatic heterocycles. The Morgan fingerprint density at radius 2 is 1.78 bits per heavy atom. The third kappa shape index (κ3) is 4.99. The number of anilines is 1. The van der Waals surface area contributed by atoms with E-state index >= 15 is 0 Å². The summed E-state index contributed by atoms with van der Waals surface area (Å²) >= 11 is 0. The molecular formula is C27H28N2O3. The van der Waals surface area contributed by atoms with Gasteiger partial charge in [0.2, 0.25) is 0 Å². The SMILES string of the molecule is CCCOc1cccc(C(=O)Nc2ccccc2C(=O)N2CCC(c3ccccc3)C2)c1. The van der Waals surface area contributed by atoms with Crippen LogP contribution < -0.4 is 10.1 Å². The molecule has 0 radical (unpaired) electrons. The van der Waals surface area contributed by atoms with Gasteiger partial charge in [0.25, 0.3) is 11.8 Å². The van der Waals surface area contributed by atoms with Crippen LogP contribution in [-0.2, 0) is 0 Å². The van der Waals surface area contributed by atoms with Gasteiger partial charge in [-0.15, -0.1) is 0 Å². The Kier molecular flexibility index (Phi) is 6.85. The first kappa shape index (κ1) is 21.6. The lowest BCUT2D eigenvalue weighted by Crippen LogP contribution is -2.29. The molecule has 0 bridgehead atoms. The van der Waals surface area contributed by atoms with E-state index in [1.165, 1.54) is 5.56 Å². The number of carbonyl (C=O) groups is 2. The standard InChI is InChI=1S/C27H28N2O3/c1-2-17-32-23-12-8-11-21(18-23)26(30)28-25-14-7-6-13-24(25)27(31)29-16-15-22(19-29)20-9-4-3-5-10-20/h3-14,18,22H,2,15-17,19H2,1H3,(H,28,30). The molecule has 1 aliphatic rings. The molecule has 1 heterocycles. The van der Waals surface area contributed by atoms with Crippen LogP contribution in [0.4, 0.5) is 5.69 Å². The Balaban J connectivity index is 1.47. The summed E-state index contributed by atoms with van der Waals surface area (Å²) in [5, 5.41) is 2.92. The number of carbonyl (C=O) groups excluding carboxylic acids is 2. The summed E-state index contributed by atoms with van der Waals surface area (Å²) < 4.78 is 5.63. The fraction of sp³-hybridized carbons (Fsp3) is 0.259. The second-order valence-corrected chi connectivity index (χ2v) is 8.02. The third-order valence-corrected chi connectivity index (χ3v) is 5.72. The molecule has 5 heteroatoms. The van der Waals surface area contributed by atoms with Crippen molar-refractivity contribution in [2.45, 2.75) is 25.7 Å². The van der Waals surface area contributed by atoms with Crippen molar-refractivity contribution in [3.8, 4) is 5.75 Å². The average Bonchev–Trinajstić information content (AvgIpc) is 3.34. The van der Waals surface area contributed by atoms with E-state index in [-0.39, 0.29) is 11.8 Å². The summed E-state index contributed by atoms with van der Waals surface area (Å²) in [4.78, 5) is 28.0. The number of nitrogens with one attached hydrogen (secondary N) is 1. The molecule has 3 aromatic rings. The number of hydrogen-bond donors (Lipinski definition) is 1. The molecule has 1 saturated heterocycles. The molecular weight excluding hydrogens is 400 g/mol. The summed E-state index contributed by atoms with van der Waals surface area (Å²) in [5.41, 5.74) is 2.78. The Morgan fingerprint density at radius 3 is 2.59 bits per heavy atom. The minimum atomic E-state index is -0.268. The average molecular weight is 429 g/mol. The van der Waals surface area contributed by atoms with Crippen LogP contribution in [0.1, 0.15) is 52.0 Å². The lowest BCUT2D eigenvalue weighted by atomic mass is 9.99. The molecule has 1 N–H and O–H groups in total. The van der Waals surface area contributed by atoms with Crippen molar-refractivity contribution in [2.24, 2.45) is 0 Å². The molecule has 0 spiro atoms. The van der Waals surface area contributed by atoms with Gasteiger partial charge in [0.05, 0.1) is 17.9 Å². The molecule has 5 nitrogen and oxygen atoms in total. The van der Waals surface area contributed by atoms with Crippen LogP contribution >= 0.6 is 0 Å². The predicted octanol–water partition coefficient (Wildman–Crippen LogP) is 5.36. The summed E-state index contributed by atoms with van der Waals surface area (Å²) in [5.74, 6) is 0.677. The highest BCUT2D eigenvalue weighted by molar-refractivity contribution is 6.09. The Hall–Kier alpha value is -3.60. The molecule has 1 atom stereocenters. The normalized spacial score (nSPS) is 15.4. The second kappa shape index (κ2) is 10.1. The van der Waals surface area contributed by atoms with Gasteiger partial charge in [0.1, 0.15) is 5.75 Å². The summed E-state index contributed by atoms with van der Waals surface area (Å²) in [6, 6.07) is 24.6. The van der Waals surface area contributed by atoms with Crippen molar-refractivity contribution in [1.82, 2.24) is 4.90 Å². The zero-order valence-corrected chi connectivity index (χ0v) is 18.3.